The molecule has 6 heteroatoms. The van der Waals surface area contributed by atoms with Crippen molar-refractivity contribution < 1.29 is 19.1 Å². The van der Waals surface area contributed by atoms with E-state index in [1.54, 1.807) is 38.1 Å². The first-order chi connectivity index (χ1) is 10.0. The van der Waals surface area contributed by atoms with E-state index in [0.717, 1.165) is 0 Å². The Labute approximate surface area is 128 Å². The topological polar surface area (TPSA) is 64.6 Å². The number of hydrogen-bond acceptors (Lipinski definition) is 5. The van der Waals surface area contributed by atoms with Gasteiger partial charge in [-0.2, -0.15) is 0 Å². The van der Waals surface area contributed by atoms with Crippen molar-refractivity contribution in [1.82, 2.24) is 0 Å². The third kappa shape index (κ3) is 6.81. The first kappa shape index (κ1) is 17.0. The molecular formula is C15H18ClNO4. The fraction of sp³-hybridized carbons (Fsp3) is 0.333. The van der Waals surface area contributed by atoms with Gasteiger partial charge in [-0.05, 0) is 32.0 Å². The number of nitrogens with one attached hydrogen (secondary N) is 1. The summed E-state index contributed by atoms with van der Waals surface area (Å²) in [6, 6.07) is 6.95. The van der Waals surface area contributed by atoms with E-state index >= 15 is 0 Å². The maximum atomic E-state index is 11.6. The number of ether oxygens (including phenoxy) is 2. The van der Waals surface area contributed by atoms with E-state index in [1.165, 1.54) is 6.08 Å². The van der Waals surface area contributed by atoms with Gasteiger partial charge in [-0.15, -0.1) is 0 Å². The van der Waals surface area contributed by atoms with Gasteiger partial charge in [0.05, 0.1) is 19.6 Å². The van der Waals surface area contributed by atoms with Crippen LogP contribution < -0.4 is 5.32 Å². The second-order valence-electron chi connectivity index (χ2n) is 4.04. The van der Waals surface area contributed by atoms with Crippen molar-refractivity contribution >= 4 is 29.2 Å². The molecule has 0 unspecified atom stereocenters. The summed E-state index contributed by atoms with van der Waals surface area (Å²) in [5.41, 5.74) is 1.05. The summed E-state index contributed by atoms with van der Waals surface area (Å²) in [6.07, 6.45) is 1.18. The van der Waals surface area contributed by atoms with Gasteiger partial charge in [-0.3, -0.25) is 4.79 Å². The Morgan fingerprint density at radius 2 is 1.95 bits per heavy atom. The number of carbonyl (C=O) groups excluding carboxylic acids is 2. The number of esters is 2. The molecular weight excluding hydrogens is 294 g/mol. The summed E-state index contributed by atoms with van der Waals surface area (Å²) in [6.45, 7) is 3.97. The minimum Gasteiger partial charge on any atom is -0.466 e. The monoisotopic (exact) mass is 311 g/mol. The maximum Gasteiger partial charge on any atom is 0.332 e. The minimum absolute atomic E-state index is 0.0564. The van der Waals surface area contributed by atoms with Gasteiger partial charge in [0.2, 0.25) is 0 Å². The molecule has 21 heavy (non-hydrogen) atoms. The van der Waals surface area contributed by atoms with Crippen molar-refractivity contribution in [2.45, 2.75) is 20.3 Å². The molecule has 0 amide bonds. The van der Waals surface area contributed by atoms with Crippen molar-refractivity contribution in [3.8, 4) is 0 Å². The van der Waals surface area contributed by atoms with Crippen LogP contribution in [0, 0.1) is 0 Å². The Hall–Kier alpha value is -2.01. The van der Waals surface area contributed by atoms with E-state index in [-0.39, 0.29) is 19.6 Å². The second kappa shape index (κ2) is 9.02. The Bertz CT molecular complexity index is 528. The number of hydrogen-bond donors (Lipinski definition) is 1. The van der Waals surface area contributed by atoms with E-state index in [0.29, 0.717) is 16.4 Å². The van der Waals surface area contributed by atoms with E-state index in [2.05, 4.69) is 5.32 Å². The van der Waals surface area contributed by atoms with Crippen LogP contribution in [-0.4, -0.2) is 25.2 Å². The zero-order chi connectivity index (χ0) is 15.7. The molecule has 0 spiro atoms. The van der Waals surface area contributed by atoms with Crippen LogP contribution in [0.1, 0.15) is 20.3 Å². The van der Waals surface area contributed by atoms with Gasteiger partial charge in [0.15, 0.2) is 0 Å². The lowest BCUT2D eigenvalue weighted by Gasteiger charge is -2.11. The minimum atomic E-state index is -0.522. The highest BCUT2D eigenvalue weighted by atomic mass is 35.5. The van der Waals surface area contributed by atoms with Gasteiger partial charge < -0.3 is 14.8 Å². The van der Waals surface area contributed by atoms with Gasteiger partial charge in [-0.1, -0.05) is 17.7 Å². The molecule has 0 aliphatic heterocycles. The van der Waals surface area contributed by atoms with Crippen LogP contribution in [0.25, 0.3) is 0 Å². The number of carbonyl (C=O) groups is 2. The van der Waals surface area contributed by atoms with Crippen molar-refractivity contribution in [3.63, 3.8) is 0 Å². The molecule has 0 fully saturated rings. The predicted molar refractivity (Wildman–Crippen MR) is 81.0 cm³/mol. The fourth-order valence-electron chi connectivity index (χ4n) is 1.58. The second-order valence-corrected chi connectivity index (χ2v) is 4.48. The molecule has 1 aromatic carbocycles. The molecule has 5 nitrogen and oxygen atoms in total. The molecule has 1 N–H and O–H groups in total. The first-order valence-electron chi connectivity index (χ1n) is 6.60. The highest BCUT2D eigenvalue weighted by molar-refractivity contribution is 6.30. The summed E-state index contributed by atoms with van der Waals surface area (Å²) in [4.78, 5) is 23.1. The zero-order valence-electron chi connectivity index (χ0n) is 12.0. The van der Waals surface area contributed by atoms with Crippen molar-refractivity contribution in [1.29, 1.82) is 0 Å². The molecule has 0 aromatic heterocycles. The Balaban J connectivity index is 2.85. The fourth-order valence-corrected chi connectivity index (χ4v) is 1.77. The summed E-state index contributed by atoms with van der Waals surface area (Å²) >= 11 is 5.90. The summed E-state index contributed by atoms with van der Waals surface area (Å²) in [5, 5.41) is 3.52. The van der Waals surface area contributed by atoms with Crippen molar-refractivity contribution in [2.75, 3.05) is 18.5 Å². The summed E-state index contributed by atoms with van der Waals surface area (Å²) in [7, 11) is 0. The summed E-state index contributed by atoms with van der Waals surface area (Å²) < 4.78 is 9.72. The van der Waals surface area contributed by atoms with Crippen LogP contribution >= 0.6 is 11.6 Å². The molecule has 1 aromatic rings. The molecule has 0 atom stereocenters. The lowest BCUT2D eigenvalue weighted by atomic mass is 10.2. The Morgan fingerprint density at radius 1 is 1.24 bits per heavy atom. The van der Waals surface area contributed by atoms with E-state index < -0.39 is 11.9 Å². The van der Waals surface area contributed by atoms with Crippen LogP contribution in [0.5, 0.6) is 0 Å². The lowest BCUT2D eigenvalue weighted by Crippen LogP contribution is -2.12. The summed E-state index contributed by atoms with van der Waals surface area (Å²) in [5.74, 6) is -0.950. The Kier molecular flexibility index (Phi) is 7.32. The SMILES string of the molecule is CCOC(=O)C=C(CC(=O)OCC)Nc1cccc(Cl)c1. The van der Waals surface area contributed by atoms with Crippen LogP contribution in [0.2, 0.25) is 5.02 Å². The van der Waals surface area contributed by atoms with Crippen LogP contribution in [0.15, 0.2) is 36.0 Å². The third-order valence-electron chi connectivity index (χ3n) is 2.35. The average Bonchev–Trinajstić information content (AvgIpc) is 2.38. The van der Waals surface area contributed by atoms with E-state index in [9.17, 15) is 9.59 Å². The van der Waals surface area contributed by atoms with Gasteiger partial charge in [0.25, 0.3) is 0 Å². The molecule has 0 heterocycles. The van der Waals surface area contributed by atoms with Crippen LogP contribution in [-0.2, 0) is 19.1 Å². The smallest absolute Gasteiger partial charge is 0.332 e. The number of halogens is 1. The number of anilines is 1. The van der Waals surface area contributed by atoms with Gasteiger partial charge in [0, 0.05) is 22.5 Å². The predicted octanol–water partition coefficient (Wildman–Crippen LogP) is 3.15. The maximum absolute atomic E-state index is 11.6. The molecule has 0 aliphatic carbocycles. The normalized spacial score (nSPS) is 10.9. The molecule has 0 aliphatic rings. The molecule has 0 bridgehead atoms. The largest absolute Gasteiger partial charge is 0.466 e. The highest BCUT2D eigenvalue weighted by Gasteiger charge is 2.10. The quantitative estimate of drug-likeness (QED) is 0.619. The highest BCUT2D eigenvalue weighted by Crippen LogP contribution is 2.18. The zero-order valence-corrected chi connectivity index (χ0v) is 12.8. The van der Waals surface area contributed by atoms with Gasteiger partial charge >= 0.3 is 11.9 Å². The van der Waals surface area contributed by atoms with Crippen molar-refractivity contribution in [2.24, 2.45) is 0 Å². The first-order valence-corrected chi connectivity index (χ1v) is 6.98. The van der Waals surface area contributed by atoms with Crippen LogP contribution in [0.3, 0.4) is 0 Å². The molecule has 1 rings (SSSR count). The van der Waals surface area contributed by atoms with Crippen molar-refractivity contribution in [3.05, 3.63) is 41.1 Å². The number of rotatable bonds is 7. The lowest BCUT2D eigenvalue weighted by molar-refractivity contribution is -0.142. The average molecular weight is 312 g/mol. The van der Waals surface area contributed by atoms with E-state index in [1.807, 2.05) is 0 Å². The van der Waals surface area contributed by atoms with Crippen LogP contribution in [0.4, 0.5) is 5.69 Å². The van der Waals surface area contributed by atoms with Gasteiger partial charge in [0.1, 0.15) is 0 Å². The molecule has 114 valence electrons. The number of benzene rings is 1. The molecule has 0 saturated carbocycles. The van der Waals surface area contributed by atoms with Gasteiger partial charge in [-0.25, -0.2) is 4.79 Å². The third-order valence-corrected chi connectivity index (χ3v) is 2.58. The van der Waals surface area contributed by atoms with E-state index in [4.69, 9.17) is 21.1 Å². The molecule has 0 saturated heterocycles. The Morgan fingerprint density at radius 3 is 2.57 bits per heavy atom. The molecule has 0 radical (unpaired) electrons. The standard InChI is InChI=1S/C15H18ClNO4/c1-3-20-14(18)9-13(10-15(19)21-4-2)17-12-7-5-6-11(16)8-12/h5-9,17H,3-4,10H2,1-2H3.